The fourth-order valence-corrected chi connectivity index (χ4v) is 4.75. The molecule has 0 spiro atoms. The average molecular weight is 435 g/mol. The maximum absolute atomic E-state index is 14.7. The van der Waals surface area contributed by atoms with E-state index in [2.05, 4.69) is 4.72 Å². The van der Waals surface area contributed by atoms with Crippen LogP contribution in [0, 0.1) is 5.82 Å². The van der Waals surface area contributed by atoms with E-state index in [1.54, 1.807) is 19.1 Å². The SMILES string of the molecule is CCOC(=O)N1CCC[C@@H](NS(C)(=O)=O)[C@H]1Cc1cc(-c2ccccc2)ccc1F. The van der Waals surface area contributed by atoms with Gasteiger partial charge in [0.2, 0.25) is 10.0 Å². The summed E-state index contributed by atoms with van der Waals surface area (Å²) < 4.78 is 46.3. The molecule has 0 aliphatic carbocycles. The van der Waals surface area contributed by atoms with Gasteiger partial charge in [0.25, 0.3) is 0 Å². The van der Waals surface area contributed by atoms with Crippen LogP contribution in [0.2, 0.25) is 0 Å². The Balaban J connectivity index is 1.94. The minimum atomic E-state index is -3.49. The Bertz CT molecular complexity index is 982. The Morgan fingerprint density at radius 1 is 1.20 bits per heavy atom. The average Bonchev–Trinajstić information content (AvgIpc) is 2.70. The van der Waals surface area contributed by atoms with Crippen molar-refractivity contribution in [1.82, 2.24) is 9.62 Å². The lowest BCUT2D eigenvalue weighted by Crippen LogP contribution is -2.57. The third-order valence-corrected chi connectivity index (χ3v) is 5.96. The van der Waals surface area contributed by atoms with E-state index >= 15 is 0 Å². The number of rotatable bonds is 6. The van der Waals surface area contributed by atoms with E-state index < -0.39 is 28.2 Å². The molecule has 1 heterocycles. The first-order chi connectivity index (χ1) is 14.3. The number of sulfonamides is 1. The van der Waals surface area contributed by atoms with Crippen LogP contribution < -0.4 is 4.72 Å². The standard InChI is InChI=1S/C22H27FN2O4S/c1-3-29-22(26)25-13-7-10-20(24-30(2,27)28)21(25)15-18-14-17(11-12-19(18)23)16-8-5-4-6-9-16/h4-6,8-9,11-12,14,20-21,24H,3,7,10,13,15H2,1-2H3/t20-,21-/m1/s1. The largest absolute Gasteiger partial charge is 0.450 e. The van der Waals surface area contributed by atoms with Gasteiger partial charge in [-0.1, -0.05) is 36.4 Å². The molecule has 30 heavy (non-hydrogen) atoms. The van der Waals surface area contributed by atoms with E-state index in [1.165, 1.54) is 11.0 Å². The van der Waals surface area contributed by atoms with Gasteiger partial charge < -0.3 is 9.64 Å². The van der Waals surface area contributed by atoms with Gasteiger partial charge in [-0.3, -0.25) is 0 Å². The van der Waals surface area contributed by atoms with Gasteiger partial charge >= 0.3 is 6.09 Å². The van der Waals surface area contributed by atoms with Crippen molar-refractivity contribution in [3.8, 4) is 11.1 Å². The van der Waals surface area contributed by atoms with E-state index in [4.69, 9.17) is 4.74 Å². The van der Waals surface area contributed by atoms with Crippen molar-refractivity contribution in [3.05, 3.63) is 59.9 Å². The normalized spacial score (nSPS) is 19.5. The van der Waals surface area contributed by atoms with E-state index in [9.17, 15) is 17.6 Å². The molecule has 0 unspecified atom stereocenters. The number of nitrogens with zero attached hydrogens (tertiary/aromatic N) is 1. The molecule has 1 aliphatic heterocycles. The van der Waals surface area contributed by atoms with Crippen molar-refractivity contribution >= 4 is 16.1 Å². The quantitative estimate of drug-likeness (QED) is 0.754. The Morgan fingerprint density at radius 2 is 1.93 bits per heavy atom. The zero-order valence-corrected chi connectivity index (χ0v) is 18.0. The van der Waals surface area contributed by atoms with Gasteiger partial charge in [0.05, 0.1) is 18.9 Å². The lowest BCUT2D eigenvalue weighted by molar-refractivity contribution is 0.0676. The highest BCUT2D eigenvalue weighted by Crippen LogP contribution is 2.27. The molecule has 0 aromatic heterocycles. The highest BCUT2D eigenvalue weighted by Gasteiger charge is 2.37. The molecule has 0 saturated carbocycles. The maximum atomic E-state index is 14.7. The molecule has 1 saturated heterocycles. The molecule has 2 atom stereocenters. The number of hydrogen-bond acceptors (Lipinski definition) is 4. The van der Waals surface area contributed by atoms with Crippen molar-refractivity contribution in [3.63, 3.8) is 0 Å². The highest BCUT2D eigenvalue weighted by atomic mass is 32.2. The number of hydrogen-bond donors (Lipinski definition) is 1. The Labute approximate surface area is 177 Å². The molecule has 2 aromatic rings. The number of piperidine rings is 1. The minimum absolute atomic E-state index is 0.179. The third kappa shape index (κ3) is 5.58. The van der Waals surface area contributed by atoms with Crippen LogP contribution >= 0.6 is 0 Å². The molecule has 6 nitrogen and oxygen atoms in total. The van der Waals surface area contributed by atoms with E-state index in [0.29, 0.717) is 24.9 Å². The summed E-state index contributed by atoms with van der Waals surface area (Å²) in [6.07, 6.45) is 1.95. The van der Waals surface area contributed by atoms with E-state index in [-0.39, 0.29) is 18.8 Å². The monoisotopic (exact) mass is 434 g/mol. The van der Waals surface area contributed by atoms with Crippen LogP contribution in [0.3, 0.4) is 0 Å². The molecule has 1 N–H and O–H groups in total. The zero-order chi connectivity index (χ0) is 21.7. The van der Waals surface area contributed by atoms with Crippen LogP contribution in [0.4, 0.5) is 9.18 Å². The first kappa shape index (κ1) is 22.2. The Hall–Kier alpha value is -2.45. The summed E-state index contributed by atoms with van der Waals surface area (Å²) in [5.41, 5.74) is 2.24. The summed E-state index contributed by atoms with van der Waals surface area (Å²) in [7, 11) is -3.49. The number of halogens is 1. The molecular weight excluding hydrogens is 407 g/mol. The summed E-state index contributed by atoms with van der Waals surface area (Å²) in [5, 5.41) is 0. The van der Waals surface area contributed by atoms with Crippen LogP contribution in [-0.4, -0.2) is 50.9 Å². The predicted octanol–water partition coefficient (Wildman–Crippen LogP) is 3.57. The minimum Gasteiger partial charge on any atom is -0.450 e. The number of carbonyl (C=O) groups is 1. The molecule has 8 heteroatoms. The Kier molecular flexibility index (Phi) is 7.10. The number of amides is 1. The van der Waals surface area contributed by atoms with Crippen molar-refractivity contribution < 1.29 is 22.3 Å². The smallest absolute Gasteiger partial charge is 0.410 e. The summed E-state index contributed by atoms with van der Waals surface area (Å²) in [5.74, 6) is -0.387. The first-order valence-electron chi connectivity index (χ1n) is 10.0. The molecule has 1 fully saturated rings. The van der Waals surface area contributed by atoms with Gasteiger partial charge in [-0.05, 0) is 55.0 Å². The zero-order valence-electron chi connectivity index (χ0n) is 17.2. The molecule has 1 aliphatic rings. The number of benzene rings is 2. The molecule has 1 amide bonds. The molecular formula is C22H27FN2O4S. The van der Waals surface area contributed by atoms with Crippen LogP contribution in [0.5, 0.6) is 0 Å². The number of carbonyl (C=O) groups excluding carboxylic acids is 1. The van der Waals surface area contributed by atoms with Crippen molar-refractivity contribution in [2.45, 2.75) is 38.3 Å². The molecule has 3 rings (SSSR count). The maximum Gasteiger partial charge on any atom is 0.410 e. The fraction of sp³-hybridized carbons (Fsp3) is 0.409. The Morgan fingerprint density at radius 3 is 2.60 bits per heavy atom. The highest BCUT2D eigenvalue weighted by molar-refractivity contribution is 7.88. The summed E-state index contributed by atoms with van der Waals surface area (Å²) >= 11 is 0. The number of ether oxygens (including phenoxy) is 1. The molecule has 0 radical (unpaired) electrons. The lowest BCUT2D eigenvalue weighted by Gasteiger charge is -2.40. The molecule has 162 valence electrons. The van der Waals surface area contributed by atoms with Crippen molar-refractivity contribution in [2.24, 2.45) is 0 Å². The van der Waals surface area contributed by atoms with Crippen molar-refractivity contribution in [2.75, 3.05) is 19.4 Å². The summed E-state index contributed by atoms with van der Waals surface area (Å²) in [6.45, 7) is 2.36. The number of nitrogens with one attached hydrogen (secondary N) is 1. The fourth-order valence-electron chi connectivity index (χ4n) is 3.92. The van der Waals surface area contributed by atoms with Gasteiger partial charge in [0.15, 0.2) is 0 Å². The van der Waals surface area contributed by atoms with Crippen molar-refractivity contribution in [1.29, 1.82) is 0 Å². The molecule has 0 bridgehead atoms. The van der Waals surface area contributed by atoms with Crippen LogP contribution in [0.25, 0.3) is 11.1 Å². The second-order valence-electron chi connectivity index (χ2n) is 7.47. The third-order valence-electron chi connectivity index (χ3n) is 5.23. The topological polar surface area (TPSA) is 75.7 Å². The van der Waals surface area contributed by atoms with Crippen LogP contribution in [-0.2, 0) is 21.2 Å². The van der Waals surface area contributed by atoms with Gasteiger partial charge in [0.1, 0.15) is 5.82 Å². The second-order valence-corrected chi connectivity index (χ2v) is 9.25. The van der Waals surface area contributed by atoms with Crippen LogP contribution in [0.1, 0.15) is 25.3 Å². The summed E-state index contributed by atoms with van der Waals surface area (Å²) in [4.78, 5) is 14.0. The number of likely N-dealkylation sites (tertiary alicyclic amines) is 1. The van der Waals surface area contributed by atoms with Crippen LogP contribution in [0.15, 0.2) is 48.5 Å². The lowest BCUT2D eigenvalue weighted by atomic mass is 9.90. The van der Waals surface area contributed by atoms with E-state index in [1.807, 2.05) is 30.3 Å². The van der Waals surface area contributed by atoms with Gasteiger partial charge in [-0.15, -0.1) is 0 Å². The molecule has 2 aromatic carbocycles. The van der Waals surface area contributed by atoms with Gasteiger partial charge in [0, 0.05) is 12.6 Å². The first-order valence-corrected chi connectivity index (χ1v) is 11.9. The second kappa shape index (κ2) is 9.57. The van der Waals surface area contributed by atoms with Gasteiger partial charge in [-0.25, -0.2) is 22.3 Å². The van der Waals surface area contributed by atoms with E-state index in [0.717, 1.165) is 17.4 Å². The van der Waals surface area contributed by atoms with Gasteiger partial charge in [-0.2, -0.15) is 0 Å². The summed E-state index contributed by atoms with van der Waals surface area (Å²) in [6, 6.07) is 13.4. The predicted molar refractivity (Wildman–Crippen MR) is 114 cm³/mol.